The van der Waals surface area contributed by atoms with Crippen LogP contribution in [0.1, 0.15) is 23.6 Å². The summed E-state index contributed by atoms with van der Waals surface area (Å²) in [4.78, 5) is 24.6. The standard InChI is InChI=1S/C10H12N2O3.C8H7N/c1-4-5-15-7(2)8-6-12(3)10(14)11-9(8)13;1-7-3-2-4-8(5-7)6-9/h4-6H,2H2,1,3H3,(H,11,13,14);2-5H,1H3/b5-4-;. The molecule has 0 atom stereocenters. The summed E-state index contributed by atoms with van der Waals surface area (Å²) in [6.45, 7) is 7.33. The molecule has 2 rings (SSSR count). The summed E-state index contributed by atoms with van der Waals surface area (Å²) in [5.41, 5.74) is 1.12. The maximum Gasteiger partial charge on any atom is 0.328 e. The number of rotatable bonds is 3. The zero-order valence-electron chi connectivity index (χ0n) is 13.9. The van der Waals surface area contributed by atoms with Gasteiger partial charge in [0.15, 0.2) is 0 Å². The Morgan fingerprint density at radius 3 is 2.67 bits per heavy atom. The molecule has 0 aliphatic carbocycles. The molecule has 1 heterocycles. The summed E-state index contributed by atoms with van der Waals surface area (Å²) in [5, 5.41) is 8.41. The normalized spacial score (nSPS) is 9.75. The monoisotopic (exact) mass is 325 g/mol. The van der Waals surface area contributed by atoms with Crippen LogP contribution in [0.5, 0.6) is 0 Å². The number of allylic oxidation sites excluding steroid dienone is 1. The molecule has 0 spiro atoms. The molecule has 0 aliphatic rings. The van der Waals surface area contributed by atoms with Gasteiger partial charge in [0.1, 0.15) is 5.76 Å². The molecule has 0 bridgehead atoms. The third-order valence-corrected chi connectivity index (χ3v) is 2.90. The lowest BCUT2D eigenvalue weighted by Crippen LogP contribution is -2.29. The van der Waals surface area contributed by atoms with Gasteiger partial charge in [-0.15, -0.1) is 0 Å². The lowest BCUT2D eigenvalue weighted by Gasteiger charge is -2.04. The van der Waals surface area contributed by atoms with Crippen LogP contribution in [-0.2, 0) is 11.8 Å². The number of nitriles is 1. The molecule has 2 aromatic rings. The van der Waals surface area contributed by atoms with Crippen molar-refractivity contribution in [3.63, 3.8) is 0 Å². The molecule has 0 aliphatic heterocycles. The summed E-state index contributed by atoms with van der Waals surface area (Å²) in [7, 11) is 1.53. The van der Waals surface area contributed by atoms with Crippen molar-refractivity contribution in [1.29, 1.82) is 5.26 Å². The highest BCUT2D eigenvalue weighted by Crippen LogP contribution is 2.07. The number of nitrogens with zero attached hydrogens (tertiary/aromatic N) is 2. The van der Waals surface area contributed by atoms with Crippen molar-refractivity contribution in [3.05, 3.63) is 86.9 Å². The Labute approximate surface area is 140 Å². The minimum absolute atomic E-state index is 0.199. The van der Waals surface area contributed by atoms with E-state index in [0.717, 1.165) is 11.1 Å². The number of aromatic nitrogens is 2. The van der Waals surface area contributed by atoms with Gasteiger partial charge in [-0.2, -0.15) is 5.26 Å². The molecule has 1 N–H and O–H groups in total. The topological polar surface area (TPSA) is 87.9 Å². The van der Waals surface area contributed by atoms with E-state index in [1.165, 1.54) is 24.1 Å². The first kappa shape index (κ1) is 18.7. The van der Waals surface area contributed by atoms with Crippen LogP contribution in [0.4, 0.5) is 0 Å². The molecule has 1 aromatic carbocycles. The molecule has 0 saturated heterocycles. The van der Waals surface area contributed by atoms with E-state index in [2.05, 4.69) is 17.6 Å². The van der Waals surface area contributed by atoms with Crippen molar-refractivity contribution in [2.75, 3.05) is 0 Å². The van der Waals surface area contributed by atoms with Gasteiger partial charge < -0.3 is 9.30 Å². The second kappa shape index (κ2) is 8.96. The van der Waals surface area contributed by atoms with E-state index in [4.69, 9.17) is 10.00 Å². The van der Waals surface area contributed by atoms with Crippen molar-refractivity contribution in [2.45, 2.75) is 13.8 Å². The lowest BCUT2D eigenvalue weighted by molar-refractivity contribution is 0.435. The summed E-state index contributed by atoms with van der Waals surface area (Å²) in [6, 6.07) is 9.58. The fraction of sp³-hybridized carbons (Fsp3) is 0.167. The van der Waals surface area contributed by atoms with E-state index in [1.54, 1.807) is 19.1 Å². The van der Waals surface area contributed by atoms with Gasteiger partial charge in [0.25, 0.3) is 5.56 Å². The molecule has 0 unspecified atom stereocenters. The number of hydrogen-bond donors (Lipinski definition) is 1. The van der Waals surface area contributed by atoms with Gasteiger partial charge in [0.2, 0.25) is 0 Å². The van der Waals surface area contributed by atoms with Gasteiger partial charge in [0.05, 0.1) is 23.5 Å². The van der Waals surface area contributed by atoms with Crippen LogP contribution in [0.25, 0.3) is 5.76 Å². The summed E-state index contributed by atoms with van der Waals surface area (Å²) in [6.07, 6.45) is 4.46. The Balaban J connectivity index is 0.000000272. The highest BCUT2D eigenvalue weighted by Gasteiger charge is 2.06. The summed E-state index contributed by atoms with van der Waals surface area (Å²) in [5.74, 6) is 0.199. The average molecular weight is 325 g/mol. The Kier molecular flexibility index (Phi) is 6.98. The fourth-order valence-electron chi connectivity index (χ4n) is 1.69. The molecule has 0 amide bonds. The number of H-pyrrole nitrogens is 1. The molecule has 1 aromatic heterocycles. The Morgan fingerprint density at radius 2 is 2.12 bits per heavy atom. The van der Waals surface area contributed by atoms with E-state index in [9.17, 15) is 9.59 Å². The molecule has 6 heteroatoms. The van der Waals surface area contributed by atoms with Crippen LogP contribution >= 0.6 is 0 Å². The van der Waals surface area contributed by atoms with Crippen LogP contribution < -0.4 is 11.2 Å². The number of aromatic amines is 1. The molecule has 0 radical (unpaired) electrons. The van der Waals surface area contributed by atoms with Crippen LogP contribution in [0.2, 0.25) is 0 Å². The molecular weight excluding hydrogens is 306 g/mol. The highest BCUT2D eigenvalue weighted by atomic mass is 16.5. The molecule has 124 valence electrons. The zero-order chi connectivity index (χ0) is 18.1. The van der Waals surface area contributed by atoms with Crippen LogP contribution in [0.15, 0.2) is 59.0 Å². The highest BCUT2D eigenvalue weighted by molar-refractivity contribution is 5.55. The number of hydrogen-bond acceptors (Lipinski definition) is 4. The van der Waals surface area contributed by atoms with Crippen molar-refractivity contribution in [2.24, 2.45) is 7.05 Å². The third-order valence-electron chi connectivity index (χ3n) is 2.90. The minimum atomic E-state index is -0.507. The average Bonchev–Trinajstić information content (AvgIpc) is 2.56. The number of aryl methyl sites for hydroxylation is 2. The predicted octanol–water partition coefficient (Wildman–Crippen LogP) is 2.46. The molecule has 0 saturated carbocycles. The Morgan fingerprint density at radius 1 is 1.42 bits per heavy atom. The second-order valence-electron chi connectivity index (χ2n) is 4.90. The second-order valence-corrected chi connectivity index (χ2v) is 4.90. The predicted molar refractivity (Wildman–Crippen MR) is 93.1 cm³/mol. The first-order valence-electron chi connectivity index (χ1n) is 7.12. The van der Waals surface area contributed by atoms with Crippen molar-refractivity contribution in [1.82, 2.24) is 9.55 Å². The Hall–Kier alpha value is -3.33. The van der Waals surface area contributed by atoms with Gasteiger partial charge in [0, 0.05) is 13.2 Å². The zero-order valence-corrected chi connectivity index (χ0v) is 13.9. The Bertz CT molecular complexity index is 899. The van der Waals surface area contributed by atoms with Gasteiger partial charge in [-0.25, -0.2) is 4.79 Å². The summed E-state index contributed by atoms with van der Waals surface area (Å²) >= 11 is 0. The molecular formula is C18H19N3O3. The van der Waals surface area contributed by atoms with E-state index in [-0.39, 0.29) is 11.3 Å². The molecule has 0 fully saturated rings. The van der Waals surface area contributed by atoms with Gasteiger partial charge in [-0.3, -0.25) is 9.78 Å². The van der Waals surface area contributed by atoms with E-state index < -0.39 is 11.2 Å². The van der Waals surface area contributed by atoms with E-state index >= 15 is 0 Å². The SMILES string of the molecule is C=C(O/C=C\C)c1cn(C)c(=O)[nH]c1=O.Cc1cccc(C#N)c1. The quantitative estimate of drug-likeness (QED) is 0.878. The van der Waals surface area contributed by atoms with Crippen molar-refractivity contribution < 1.29 is 4.74 Å². The molecule has 24 heavy (non-hydrogen) atoms. The maximum atomic E-state index is 11.4. The first-order chi connectivity index (χ1) is 11.4. The molecule has 6 nitrogen and oxygen atoms in total. The van der Waals surface area contributed by atoms with Crippen molar-refractivity contribution in [3.8, 4) is 6.07 Å². The lowest BCUT2D eigenvalue weighted by atomic mass is 10.2. The number of benzene rings is 1. The third kappa shape index (κ3) is 5.46. The van der Waals surface area contributed by atoms with Gasteiger partial charge >= 0.3 is 5.69 Å². The van der Waals surface area contributed by atoms with Crippen LogP contribution in [0, 0.1) is 18.3 Å². The van der Waals surface area contributed by atoms with Crippen LogP contribution in [-0.4, -0.2) is 9.55 Å². The smallest absolute Gasteiger partial charge is 0.328 e. The largest absolute Gasteiger partial charge is 0.465 e. The van der Waals surface area contributed by atoms with Gasteiger partial charge in [-0.1, -0.05) is 24.8 Å². The number of nitrogens with one attached hydrogen (secondary N) is 1. The number of ether oxygens (including phenoxy) is 1. The van der Waals surface area contributed by atoms with Crippen LogP contribution in [0.3, 0.4) is 0 Å². The van der Waals surface area contributed by atoms with Crippen molar-refractivity contribution >= 4 is 5.76 Å². The van der Waals surface area contributed by atoms with E-state index in [1.807, 2.05) is 25.1 Å². The first-order valence-corrected chi connectivity index (χ1v) is 7.12. The summed E-state index contributed by atoms with van der Waals surface area (Å²) < 4.78 is 6.29. The fourth-order valence-corrected chi connectivity index (χ4v) is 1.69. The van der Waals surface area contributed by atoms with E-state index in [0.29, 0.717) is 0 Å². The maximum absolute atomic E-state index is 11.4. The minimum Gasteiger partial charge on any atom is -0.465 e. The van der Waals surface area contributed by atoms with Gasteiger partial charge in [-0.05, 0) is 31.5 Å².